The van der Waals surface area contributed by atoms with Gasteiger partial charge in [0, 0.05) is 6.04 Å². The first kappa shape index (κ1) is 14.5. The third kappa shape index (κ3) is 3.15. The van der Waals surface area contributed by atoms with Crippen LogP contribution in [0.4, 0.5) is 5.69 Å². The largest absolute Gasteiger partial charge is 0.379 e. The second-order valence-electron chi connectivity index (χ2n) is 4.71. The quantitative estimate of drug-likeness (QED) is 0.724. The van der Waals surface area contributed by atoms with Crippen molar-refractivity contribution < 1.29 is 14.3 Å². The minimum absolute atomic E-state index is 0.000685. The highest BCUT2D eigenvalue weighted by molar-refractivity contribution is 6.03. The first-order chi connectivity index (χ1) is 9.63. The Kier molecular flexibility index (Phi) is 4.70. The number of nitrogens with two attached hydrogens (primary N) is 1. The van der Waals surface area contributed by atoms with E-state index >= 15 is 0 Å². The number of hydrogen-bond acceptors (Lipinski definition) is 4. The molecule has 1 heterocycles. The van der Waals surface area contributed by atoms with Gasteiger partial charge in [0.15, 0.2) is 0 Å². The van der Waals surface area contributed by atoms with Crippen LogP contribution in [-0.2, 0) is 9.53 Å². The molecule has 1 fully saturated rings. The molecule has 2 atom stereocenters. The third-order valence-corrected chi connectivity index (χ3v) is 3.33. The molecule has 6 heteroatoms. The van der Waals surface area contributed by atoms with Crippen LogP contribution in [0.1, 0.15) is 17.3 Å². The van der Waals surface area contributed by atoms with Crippen LogP contribution in [-0.4, -0.2) is 37.6 Å². The summed E-state index contributed by atoms with van der Waals surface area (Å²) in [4.78, 5) is 23.6. The molecule has 4 N–H and O–H groups in total. The summed E-state index contributed by atoms with van der Waals surface area (Å²) in [6, 6.07) is 6.70. The molecular formula is C14H19N3O3. The van der Waals surface area contributed by atoms with Crippen LogP contribution in [0, 0.1) is 5.92 Å². The van der Waals surface area contributed by atoms with Crippen molar-refractivity contribution in [3.63, 3.8) is 0 Å². The van der Waals surface area contributed by atoms with Crippen LogP contribution in [0.5, 0.6) is 0 Å². The lowest BCUT2D eigenvalue weighted by molar-refractivity contribution is -0.120. The van der Waals surface area contributed by atoms with Crippen molar-refractivity contribution in [2.75, 3.05) is 25.1 Å². The second kappa shape index (κ2) is 6.49. The maximum Gasteiger partial charge on any atom is 0.250 e. The van der Waals surface area contributed by atoms with Crippen molar-refractivity contribution >= 4 is 17.5 Å². The summed E-state index contributed by atoms with van der Waals surface area (Å²) in [5.41, 5.74) is 6.03. The zero-order chi connectivity index (χ0) is 14.5. The van der Waals surface area contributed by atoms with Gasteiger partial charge in [-0.15, -0.1) is 0 Å². The molecule has 0 spiro atoms. The maximum absolute atomic E-state index is 12.3. The highest BCUT2D eigenvalue weighted by atomic mass is 16.5. The third-order valence-electron chi connectivity index (χ3n) is 3.33. The molecule has 0 aromatic heterocycles. The van der Waals surface area contributed by atoms with Gasteiger partial charge in [-0.1, -0.05) is 19.1 Å². The van der Waals surface area contributed by atoms with Gasteiger partial charge in [-0.25, -0.2) is 0 Å². The Balaban J connectivity index is 2.10. The van der Waals surface area contributed by atoms with Crippen LogP contribution >= 0.6 is 0 Å². The Morgan fingerprint density at radius 3 is 2.80 bits per heavy atom. The number of benzene rings is 1. The molecule has 2 amide bonds. The minimum atomic E-state index is -0.563. The molecule has 0 aliphatic carbocycles. The zero-order valence-corrected chi connectivity index (χ0v) is 11.4. The molecule has 108 valence electrons. The predicted molar refractivity (Wildman–Crippen MR) is 75.4 cm³/mol. The monoisotopic (exact) mass is 277 g/mol. The zero-order valence-electron chi connectivity index (χ0n) is 11.4. The Morgan fingerprint density at radius 1 is 1.35 bits per heavy atom. The average Bonchev–Trinajstić information content (AvgIpc) is 2.88. The highest BCUT2D eigenvalue weighted by Gasteiger charge is 2.33. The SMILES string of the molecule is CCNC1COCC1C(=O)Nc1ccccc1C(N)=O. The number of primary amides is 1. The van der Waals surface area contributed by atoms with Crippen LogP contribution in [0.2, 0.25) is 0 Å². The van der Waals surface area contributed by atoms with Gasteiger partial charge in [0.1, 0.15) is 0 Å². The van der Waals surface area contributed by atoms with Gasteiger partial charge in [0.2, 0.25) is 5.91 Å². The van der Waals surface area contributed by atoms with Gasteiger partial charge >= 0.3 is 0 Å². The van der Waals surface area contributed by atoms with E-state index in [4.69, 9.17) is 10.5 Å². The standard InChI is InChI=1S/C14H19N3O3/c1-2-16-12-8-20-7-10(12)14(19)17-11-6-4-3-5-9(11)13(15)18/h3-6,10,12,16H,2,7-8H2,1H3,(H2,15,18)(H,17,19). The summed E-state index contributed by atoms with van der Waals surface area (Å²) < 4.78 is 5.34. The molecule has 1 aromatic carbocycles. The van der Waals surface area contributed by atoms with E-state index in [1.807, 2.05) is 6.92 Å². The molecule has 6 nitrogen and oxygen atoms in total. The number of carbonyl (C=O) groups is 2. The lowest BCUT2D eigenvalue weighted by Crippen LogP contribution is -2.41. The lowest BCUT2D eigenvalue weighted by atomic mass is 10.0. The summed E-state index contributed by atoms with van der Waals surface area (Å²) in [6.07, 6.45) is 0. The molecule has 2 rings (SSSR count). The Hall–Kier alpha value is -1.92. The lowest BCUT2D eigenvalue weighted by Gasteiger charge is -2.18. The number of rotatable bonds is 5. The summed E-state index contributed by atoms with van der Waals surface area (Å²) in [5, 5.41) is 5.98. The smallest absolute Gasteiger partial charge is 0.250 e. The van der Waals surface area contributed by atoms with Crippen molar-refractivity contribution in [1.29, 1.82) is 0 Å². The number of amides is 2. The maximum atomic E-state index is 12.3. The summed E-state index contributed by atoms with van der Waals surface area (Å²) in [7, 11) is 0. The van der Waals surface area contributed by atoms with Crippen LogP contribution in [0.25, 0.3) is 0 Å². The normalized spacial score (nSPS) is 21.6. The van der Waals surface area contributed by atoms with Crippen molar-refractivity contribution in [3.05, 3.63) is 29.8 Å². The fourth-order valence-corrected chi connectivity index (χ4v) is 2.31. The first-order valence-corrected chi connectivity index (χ1v) is 6.64. The van der Waals surface area contributed by atoms with Gasteiger partial charge in [-0.2, -0.15) is 0 Å². The number of nitrogens with one attached hydrogen (secondary N) is 2. The minimum Gasteiger partial charge on any atom is -0.379 e. The van der Waals surface area contributed by atoms with E-state index in [0.29, 0.717) is 24.5 Å². The van der Waals surface area contributed by atoms with Gasteiger partial charge in [-0.3, -0.25) is 9.59 Å². The second-order valence-corrected chi connectivity index (χ2v) is 4.71. The number of ether oxygens (including phenoxy) is 1. The summed E-state index contributed by atoms with van der Waals surface area (Å²) >= 11 is 0. The molecule has 0 saturated carbocycles. The number of hydrogen-bond donors (Lipinski definition) is 3. The fourth-order valence-electron chi connectivity index (χ4n) is 2.31. The van der Waals surface area contributed by atoms with Crippen molar-refractivity contribution in [2.24, 2.45) is 11.7 Å². The summed E-state index contributed by atoms with van der Waals surface area (Å²) in [5.74, 6) is -0.996. The van der Waals surface area contributed by atoms with E-state index in [0.717, 1.165) is 6.54 Å². The molecule has 0 bridgehead atoms. The predicted octanol–water partition coefficient (Wildman–Crippen LogP) is 0.349. The van der Waals surface area contributed by atoms with E-state index in [1.165, 1.54) is 0 Å². The average molecular weight is 277 g/mol. The molecule has 1 aromatic rings. The number of carbonyl (C=O) groups excluding carboxylic acids is 2. The highest BCUT2D eigenvalue weighted by Crippen LogP contribution is 2.19. The van der Waals surface area contributed by atoms with Gasteiger partial charge in [0.05, 0.1) is 30.4 Å². The fraction of sp³-hybridized carbons (Fsp3) is 0.429. The van der Waals surface area contributed by atoms with Crippen molar-refractivity contribution in [1.82, 2.24) is 5.32 Å². The van der Waals surface area contributed by atoms with Crippen molar-refractivity contribution in [2.45, 2.75) is 13.0 Å². The Morgan fingerprint density at radius 2 is 2.10 bits per heavy atom. The Bertz CT molecular complexity index is 504. The molecule has 2 unspecified atom stereocenters. The van der Waals surface area contributed by atoms with E-state index < -0.39 is 5.91 Å². The molecule has 0 radical (unpaired) electrons. The van der Waals surface area contributed by atoms with Crippen molar-refractivity contribution in [3.8, 4) is 0 Å². The van der Waals surface area contributed by atoms with E-state index in [1.54, 1.807) is 24.3 Å². The van der Waals surface area contributed by atoms with E-state index in [9.17, 15) is 9.59 Å². The van der Waals surface area contributed by atoms with Crippen LogP contribution in [0.3, 0.4) is 0 Å². The van der Waals surface area contributed by atoms with Crippen LogP contribution in [0.15, 0.2) is 24.3 Å². The molecule has 20 heavy (non-hydrogen) atoms. The Labute approximate surface area is 117 Å². The number of para-hydroxylation sites is 1. The van der Waals surface area contributed by atoms with Gasteiger partial charge in [-0.05, 0) is 18.7 Å². The number of anilines is 1. The molecule has 1 aliphatic rings. The molecule has 1 aliphatic heterocycles. The molecular weight excluding hydrogens is 258 g/mol. The molecule has 1 saturated heterocycles. The van der Waals surface area contributed by atoms with E-state index in [-0.39, 0.29) is 17.9 Å². The summed E-state index contributed by atoms with van der Waals surface area (Å²) in [6.45, 7) is 3.65. The van der Waals surface area contributed by atoms with Gasteiger partial charge < -0.3 is 21.1 Å². The van der Waals surface area contributed by atoms with Gasteiger partial charge in [0.25, 0.3) is 5.91 Å². The number of likely N-dealkylation sites (N-methyl/N-ethyl adjacent to an activating group) is 1. The topological polar surface area (TPSA) is 93.4 Å². The van der Waals surface area contributed by atoms with E-state index in [2.05, 4.69) is 10.6 Å². The van der Waals surface area contributed by atoms with Crippen LogP contribution < -0.4 is 16.4 Å². The first-order valence-electron chi connectivity index (χ1n) is 6.64.